The summed E-state index contributed by atoms with van der Waals surface area (Å²) in [6.45, 7) is 2.36. The van der Waals surface area contributed by atoms with Crippen molar-refractivity contribution in [2.75, 3.05) is 7.11 Å². The Morgan fingerprint density at radius 2 is 1.97 bits per heavy atom. The Labute approximate surface area is 189 Å². The molecule has 2 aromatic heterocycles. The predicted molar refractivity (Wildman–Crippen MR) is 121 cm³/mol. The molecule has 0 aliphatic carbocycles. The lowest BCUT2D eigenvalue weighted by atomic mass is 10.0. The lowest BCUT2D eigenvalue weighted by Crippen LogP contribution is -2.25. The largest absolute Gasteiger partial charge is 0.497 e. The Balaban J connectivity index is 1.41. The number of benzene rings is 2. The van der Waals surface area contributed by atoms with Crippen LogP contribution in [0.4, 0.5) is 4.39 Å². The molecule has 33 heavy (non-hydrogen) atoms. The van der Waals surface area contributed by atoms with E-state index in [1.165, 1.54) is 22.8 Å². The topological polar surface area (TPSA) is 90.5 Å². The number of ether oxygens (including phenoxy) is 1. The maximum absolute atomic E-state index is 13.5. The minimum Gasteiger partial charge on any atom is -0.497 e. The standard InChI is InChI=1S/C24H24FN5O3/c1-16(12-22(31)26-15-17-5-3-8-20(13-17)33-2)11-21-27-28-23-24(32)29(9-10-30(21)23)19-7-4-6-18(25)14-19/h3-10,13-14,16H,11-12,15H2,1-2H3,(H,26,31)/t16-/m1/s1. The summed E-state index contributed by atoms with van der Waals surface area (Å²) < 4.78 is 21.7. The zero-order valence-corrected chi connectivity index (χ0v) is 18.4. The van der Waals surface area contributed by atoms with Crippen LogP contribution in [0.3, 0.4) is 0 Å². The fourth-order valence-corrected chi connectivity index (χ4v) is 3.66. The number of halogens is 1. The summed E-state index contributed by atoms with van der Waals surface area (Å²) in [4.78, 5) is 25.2. The van der Waals surface area contributed by atoms with Crippen molar-refractivity contribution in [2.45, 2.75) is 26.3 Å². The van der Waals surface area contributed by atoms with Crippen molar-refractivity contribution in [1.29, 1.82) is 0 Å². The van der Waals surface area contributed by atoms with Crippen molar-refractivity contribution in [3.05, 3.63) is 88.5 Å². The van der Waals surface area contributed by atoms with Crippen LogP contribution in [0.5, 0.6) is 5.75 Å². The van der Waals surface area contributed by atoms with Gasteiger partial charge in [-0.25, -0.2) is 4.39 Å². The number of fused-ring (bicyclic) bond motifs is 1. The monoisotopic (exact) mass is 449 g/mol. The van der Waals surface area contributed by atoms with E-state index in [0.29, 0.717) is 30.9 Å². The van der Waals surface area contributed by atoms with Crippen LogP contribution in [0.1, 0.15) is 24.7 Å². The molecule has 4 aromatic rings. The van der Waals surface area contributed by atoms with Crippen LogP contribution >= 0.6 is 0 Å². The van der Waals surface area contributed by atoms with Gasteiger partial charge in [-0.15, -0.1) is 10.2 Å². The number of hydrogen-bond acceptors (Lipinski definition) is 5. The van der Waals surface area contributed by atoms with Crippen LogP contribution < -0.4 is 15.6 Å². The third-order valence-electron chi connectivity index (χ3n) is 5.32. The van der Waals surface area contributed by atoms with E-state index in [1.54, 1.807) is 30.0 Å². The molecule has 0 bridgehead atoms. The summed E-state index contributed by atoms with van der Waals surface area (Å²) >= 11 is 0. The summed E-state index contributed by atoms with van der Waals surface area (Å²) in [5.41, 5.74) is 1.11. The molecule has 0 unspecified atom stereocenters. The fraction of sp³-hybridized carbons (Fsp3) is 0.250. The second-order valence-corrected chi connectivity index (χ2v) is 7.90. The number of amides is 1. The van der Waals surface area contributed by atoms with Gasteiger partial charge in [0.05, 0.1) is 12.8 Å². The molecule has 1 amide bonds. The van der Waals surface area contributed by atoms with Crippen molar-refractivity contribution < 1.29 is 13.9 Å². The van der Waals surface area contributed by atoms with Crippen LogP contribution in [-0.4, -0.2) is 32.2 Å². The average molecular weight is 449 g/mol. The van der Waals surface area contributed by atoms with Gasteiger partial charge in [-0.05, 0) is 41.8 Å². The van der Waals surface area contributed by atoms with Crippen LogP contribution in [0.2, 0.25) is 0 Å². The van der Waals surface area contributed by atoms with Gasteiger partial charge in [-0.2, -0.15) is 0 Å². The number of rotatable bonds is 8. The molecule has 0 radical (unpaired) electrons. The Hall–Kier alpha value is -4.01. The lowest BCUT2D eigenvalue weighted by Gasteiger charge is -2.12. The number of aromatic nitrogens is 4. The second kappa shape index (κ2) is 9.64. The highest BCUT2D eigenvalue weighted by atomic mass is 19.1. The van der Waals surface area contributed by atoms with Gasteiger partial charge in [0.1, 0.15) is 17.4 Å². The molecule has 1 N–H and O–H groups in total. The van der Waals surface area contributed by atoms with Gasteiger partial charge in [0.15, 0.2) is 0 Å². The van der Waals surface area contributed by atoms with E-state index in [4.69, 9.17) is 4.74 Å². The molecule has 8 nitrogen and oxygen atoms in total. The number of methoxy groups -OCH3 is 1. The van der Waals surface area contributed by atoms with Gasteiger partial charge in [0.2, 0.25) is 11.6 Å². The zero-order valence-electron chi connectivity index (χ0n) is 18.4. The van der Waals surface area contributed by atoms with Crippen LogP contribution in [0.15, 0.2) is 65.7 Å². The highest BCUT2D eigenvalue weighted by molar-refractivity contribution is 5.76. The highest BCUT2D eigenvalue weighted by Crippen LogP contribution is 2.14. The number of nitrogens with zero attached hydrogens (tertiary/aromatic N) is 4. The van der Waals surface area contributed by atoms with Crippen molar-refractivity contribution >= 4 is 11.6 Å². The molecule has 0 spiro atoms. The molecule has 0 aliphatic rings. The molecule has 0 fully saturated rings. The zero-order chi connectivity index (χ0) is 23.4. The molecule has 9 heteroatoms. The van der Waals surface area contributed by atoms with Gasteiger partial charge in [0.25, 0.3) is 0 Å². The van der Waals surface area contributed by atoms with Gasteiger partial charge in [0, 0.05) is 31.8 Å². The first-order valence-corrected chi connectivity index (χ1v) is 10.6. The van der Waals surface area contributed by atoms with Crippen molar-refractivity contribution in [1.82, 2.24) is 24.5 Å². The molecule has 0 aliphatic heterocycles. The van der Waals surface area contributed by atoms with E-state index < -0.39 is 11.4 Å². The van der Waals surface area contributed by atoms with E-state index in [9.17, 15) is 14.0 Å². The van der Waals surface area contributed by atoms with Gasteiger partial charge in [-0.1, -0.05) is 25.1 Å². The quantitative estimate of drug-likeness (QED) is 0.447. The SMILES string of the molecule is COc1cccc(CNC(=O)C[C@H](C)Cc2nnc3c(=O)n(-c4cccc(F)c4)ccn23)c1. The molecule has 0 saturated heterocycles. The number of hydrogen-bond donors (Lipinski definition) is 1. The lowest BCUT2D eigenvalue weighted by molar-refractivity contribution is -0.122. The molecular weight excluding hydrogens is 425 g/mol. The van der Waals surface area contributed by atoms with Gasteiger partial charge >= 0.3 is 5.56 Å². The first-order valence-electron chi connectivity index (χ1n) is 10.6. The first kappa shape index (κ1) is 22.2. The molecule has 2 heterocycles. The minimum atomic E-state index is -0.431. The Bertz CT molecular complexity index is 1350. The Morgan fingerprint density at radius 1 is 1.15 bits per heavy atom. The predicted octanol–water partition coefficient (Wildman–Crippen LogP) is 2.91. The summed E-state index contributed by atoms with van der Waals surface area (Å²) in [5.74, 6) is 0.799. The van der Waals surface area contributed by atoms with Crippen LogP contribution in [0.25, 0.3) is 11.3 Å². The molecule has 0 saturated carbocycles. The number of carbonyl (C=O) groups excluding carboxylic acids is 1. The van der Waals surface area contributed by atoms with Crippen LogP contribution in [-0.2, 0) is 17.8 Å². The first-order chi connectivity index (χ1) is 15.9. The van der Waals surface area contributed by atoms with Gasteiger partial charge < -0.3 is 10.1 Å². The fourth-order valence-electron chi connectivity index (χ4n) is 3.66. The number of nitrogens with one attached hydrogen (secondary N) is 1. The smallest absolute Gasteiger partial charge is 0.300 e. The molecule has 170 valence electrons. The van der Waals surface area contributed by atoms with E-state index >= 15 is 0 Å². The van der Waals surface area contributed by atoms with E-state index in [0.717, 1.165) is 11.3 Å². The average Bonchev–Trinajstić information content (AvgIpc) is 3.21. The molecular formula is C24H24FN5O3. The molecule has 4 rings (SSSR count). The summed E-state index contributed by atoms with van der Waals surface area (Å²) in [5, 5.41) is 11.1. The summed E-state index contributed by atoms with van der Waals surface area (Å²) in [7, 11) is 1.60. The van der Waals surface area contributed by atoms with Crippen molar-refractivity contribution in [2.24, 2.45) is 5.92 Å². The third-order valence-corrected chi connectivity index (χ3v) is 5.32. The number of carbonyl (C=O) groups is 1. The van der Waals surface area contributed by atoms with E-state index in [-0.39, 0.29) is 17.5 Å². The Kier molecular flexibility index (Phi) is 6.48. The van der Waals surface area contributed by atoms with Gasteiger partial charge in [-0.3, -0.25) is 18.6 Å². The normalized spacial score (nSPS) is 12.0. The summed E-state index contributed by atoms with van der Waals surface area (Å²) in [6, 6.07) is 13.3. The second-order valence-electron chi connectivity index (χ2n) is 7.90. The van der Waals surface area contributed by atoms with Crippen molar-refractivity contribution in [3.8, 4) is 11.4 Å². The summed E-state index contributed by atoms with van der Waals surface area (Å²) in [6.07, 6.45) is 4.01. The van der Waals surface area contributed by atoms with Crippen LogP contribution in [0, 0.1) is 11.7 Å². The van der Waals surface area contributed by atoms with E-state index in [1.807, 2.05) is 31.2 Å². The maximum atomic E-state index is 13.5. The third kappa shape index (κ3) is 5.08. The minimum absolute atomic E-state index is 0.0200. The Morgan fingerprint density at radius 3 is 2.76 bits per heavy atom. The maximum Gasteiger partial charge on any atom is 0.300 e. The van der Waals surface area contributed by atoms with Crippen molar-refractivity contribution in [3.63, 3.8) is 0 Å². The molecule has 2 aromatic carbocycles. The molecule has 1 atom stereocenters. The highest BCUT2D eigenvalue weighted by Gasteiger charge is 2.16. The van der Waals surface area contributed by atoms with E-state index in [2.05, 4.69) is 15.5 Å².